The maximum Gasteiger partial charge on any atom is 0.0701 e. The molecule has 0 amide bonds. The highest BCUT2D eigenvalue weighted by Gasteiger charge is 1.92. The first-order valence-corrected chi connectivity index (χ1v) is 7.34. The molecule has 18 heavy (non-hydrogen) atoms. The quantitative estimate of drug-likeness (QED) is 0.498. The summed E-state index contributed by atoms with van der Waals surface area (Å²) in [5.41, 5.74) is 0. The fraction of sp³-hybridized carbons (Fsp3) is 0.846. The fourth-order valence-electron chi connectivity index (χ4n) is 1.16. The van der Waals surface area contributed by atoms with Gasteiger partial charge in [-0.05, 0) is 6.42 Å². The Morgan fingerprint density at radius 2 is 1.56 bits per heavy atom. The summed E-state index contributed by atoms with van der Waals surface area (Å²) in [7, 11) is 0. The van der Waals surface area contributed by atoms with E-state index in [9.17, 15) is 0 Å². The lowest BCUT2D eigenvalue weighted by atomic mass is 10.4. The third kappa shape index (κ3) is 16.1. The molecule has 0 unspecified atom stereocenters. The maximum atomic E-state index is 5.39. The molecule has 0 aromatic heterocycles. The highest BCUT2D eigenvalue weighted by molar-refractivity contribution is 9.11. The number of unbranched alkanes of at least 4 members (excludes halogenated alkanes) is 1. The highest BCUT2D eigenvalue weighted by Crippen LogP contribution is 1.95. The molecule has 0 heterocycles. The van der Waals surface area contributed by atoms with Gasteiger partial charge in [0.1, 0.15) is 0 Å². The number of hydrogen-bond donors (Lipinski definition) is 1. The normalized spacial score (nSPS) is 10.8. The van der Waals surface area contributed by atoms with Crippen molar-refractivity contribution in [2.75, 3.05) is 52.7 Å². The van der Waals surface area contributed by atoms with E-state index < -0.39 is 0 Å². The first kappa shape index (κ1) is 18.1. The van der Waals surface area contributed by atoms with Gasteiger partial charge in [0.15, 0.2) is 0 Å². The summed E-state index contributed by atoms with van der Waals surface area (Å²) in [6.45, 7) is 11.6. The standard InChI is InChI=1S/C13H26BrNO3/c1-3-4-6-16-8-10-18-11-9-17-7-5-15-12-13(2)14/h15H,2-12H2,1H3. The minimum Gasteiger partial charge on any atom is -0.379 e. The zero-order chi connectivity index (χ0) is 13.5. The Morgan fingerprint density at radius 1 is 1.00 bits per heavy atom. The van der Waals surface area contributed by atoms with Crippen LogP contribution in [0, 0.1) is 0 Å². The van der Waals surface area contributed by atoms with Crippen LogP contribution >= 0.6 is 15.9 Å². The van der Waals surface area contributed by atoms with Crippen molar-refractivity contribution in [2.45, 2.75) is 19.8 Å². The average molecular weight is 324 g/mol. The Kier molecular flexibility index (Phi) is 15.2. The van der Waals surface area contributed by atoms with E-state index in [2.05, 4.69) is 34.7 Å². The predicted octanol–water partition coefficient (Wildman–Crippen LogP) is 2.33. The number of ether oxygens (including phenoxy) is 3. The molecular formula is C13H26BrNO3. The second-order valence-electron chi connectivity index (χ2n) is 3.88. The first-order valence-electron chi connectivity index (χ1n) is 6.54. The zero-order valence-electron chi connectivity index (χ0n) is 11.4. The molecule has 0 atom stereocenters. The van der Waals surface area contributed by atoms with Gasteiger partial charge in [-0.1, -0.05) is 35.9 Å². The highest BCUT2D eigenvalue weighted by atomic mass is 79.9. The van der Waals surface area contributed by atoms with Crippen LogP contribution in [0.25, 0.3) is 0 Å². The van der Waals surface area contributed by atoms with Gasteiger partial charge in [-0.25, -0.2) is 0 Å². The molecule has 4 nitrogen and oxygen atoms in total. The molecule has 0 spiro atoms. The second kappa shape index (κ2) is 15.1. The molecule has 0 aliphatic heterocycles. The van der Waals surface area contributed by atoms with Crippen LogP contribution in [0.1, 0.15) is 19.8 Å². The predicted molar refractivity (Wildman–Crippen MR) is 78.3 cm³/mol. The van der Waals surface area contributed by atoms with Crippen molar-refractivity contribution in [2.24, 2.45) is 0 Å². The van der Waals surface area contributed by atoms with Crippen LogP contribution in [-0.4, -0.2) is 52.7 Å². The van der Waals surface area contributed by atoms with Crippen molar-refractivity contribution in [1.29, 1.82) is 0 Å². The van der Waals surface area contributed by atoms with E-state index in [0.717, 1.165) is 30.6 Å². The van der Waals surface area contributed by atoms with E-state index in [1.807, 2.05) is 0 Å². The van der Waals surface area contributed by atoms with Crippen molar-refractivity contribution >= 4 is 15.9 Å². The van der Waals surface area contributed by atoms with Gasteiger partial charge < -0.3 is 19.5 Å². The molecule has 0 bridgehead atoms. The minimum atomic E-state index is 0.627. The van der Waals surface area contributed by atoms with Crippen LogP contribution in [0.5, 0.6) is 0 Å². The van der Waals surface area contributed by atoms with Gasteiger partial charge in [0, 0.05) is 24.2 Å². The molecule has 0 fully saturated rings. The van der Waals surface area contributed by atoms with E-state index in [1.165, 1.54) is 6.42 Å². The second-order valence-corrected chi connectivity index (χ2v) is 5.01. The summed E-state index contributed by atoms with van der Waals surface area (Å²) in [4.78, 5) is 0. The third-order valence-electron chi connectivity index (χ3n) is 2.13. The Balaban J connectivity index is 2.92. The van der Waals surface area contributed by atoms with Crippen molar-refractivity contribution in [3.8, 4) is 0 Å². The lowest BCUT2D eigenvalue weighted by Crippen LogP contribution is -2.21. The summed E-state index contributed by atoms with van der Waals surface area (Å²) < 4.78 is 17.1. The summed E-state index contributed by atoms with van der Waals surface area (Å²) in [6, 6.07) is 0. The van der Waals surface area contributed by atoms with E-state index in [0.29, 0.717) is 33.0 Å². The molecule has 0 radical (unpaired) electrons. The number of hydrogen-bond acceptors (Lipinski definition) is 4. The van der Waals surface area contributed by atoms with Crippen molar-refractivity contribution in [1.82, 2.24) is 5.32 Å². The molecule has 5 heteroatoms. The summed E-state index contributed by atoms with van der Waals surface area (Å²) in [5.74, 6) is 0. The van der Waals surface area contributed by atoms with Gasteiger partial charge in [0.25, 0.3) is 0 Å². The van der Waals surface area contributed by atoms with E-state index in [-0.39, 0.29) is 0 Å². The van der Waals surface area contributed by atoms with Gasteiger partial charge in [0.05, 0.1) is 33.0 Å². The third-order valence-corrected chi connectivity index (χ3v) is 2.41. The molecule has 0 aromatic rings. The topological polar surface area (TPSA) is 39.7 Å². The lowest BCUT2D eigenvalue weighted by molar-refractivity contribution is 0.0147. The van der Waals surface area contributed by atoms with Crippen molar-refractivity contribution in [3.63, 3.8) is 0 Å². The summed E-state index contributed by atoms with van der Waals surface area (Å²) in [6.07, 6.45) is 2.29. The molecule has 108 valence electrons. The smallest absolute Gasteiger partial charge is 0.0701 e. The summed E-state index contributed by atoms with van der Waals surface area (Å²) >= 11 is 3.28. The zero-order valence-corrected chi connectivity index (χ0v) is 13.0. The van der Waals surface area contributed by atoms with Crippen LogP contribution in [-0.2, 0) is 14.2 Å². The minimum absolute atomic E-state index is 0.627. The number of halogens is 1. The summed E-state index contributed by atoms with van der Waals surface area (Å²) in [5, 5.41) is 3.18. The van der Waals surface area contributed by atoms with Crippen LogP contribution in [0.4, 0.5) is 0 Å². The van der Waals surface area contributed by atoms with Crippen LogP contribution in [0.2, 0.25) is 0 Å². The molecule has 0 saturated carbocycles. The Bertz CT molecular complexity index is 191. The fourth-order valence-corrected chi connectivity index (χ4v) is 1.35. The number of rotatable bonds is 14. The van der Waals surface area contributed by atoms with Crippen LogP contribution in [0.15, 0.2) is 11.1 Å². The SMILES string of the molecule is C=C(Br)CNCCOCCOCCOCCCC. The molecule has 0 aromatic carbocycles. The average Bonchev–Trinajstić information content (AvgIpc) is 2.34. The first-order chi connectivity index (χ1) is 8.77. The monoisotopic (exact) mass is 323 g/mol. The van der Waals surface area contributed by atoms with Crippen LogP contribution in [0.3, 0.4) is 0 Å². The van der Waals surface area contributed by atoms with Crippen LogP contribution < -0.4 is 5.32 Å². The van der Waals surface area contributed by atoms with E-state index in [4.69, 9.17) is 14.2 Å². The van der Waals surface area contributed by atoms with Crippen molar-refractivity contribution < 1.29 is 14.2 Å². The Morgan fingerprint density at radius 3 is 2.11 bits per heavy atom. The molecule has 0 rings (SSSR count). The molecule has 1 N–H and O–H groups in total. The largest absolute Gasteiger partial charge is 0.379 e. The Hall–Kier alpha value is 0.0600. The Labute approximate surface area is 119 Å². The molecule has 0 aliphatic carbocycles. The number of nitrogens with one attached hydrogen (secondary N) is 1. The molecule has 0 aliphatic rings. The van der Waals surface area contributed by atoms with Gasteiger partial charge >= 0.3 is 0 Å². The van der Waals surface area contributed by atoms with Gasteiger partial charge in [-0.3, -0.25) is 0 Å². The van der Waals surface area contributed by atoms with E-state index in [1.54, 1.807) is 0 Å². The van der Waals surface area contributed by atoms with Crippen molar-refractivity contribution in [3.05, 3.63) is 11.1 Å². The van der Waals surface area contributed by atoms with Gasteiger partial charge in [0.2, 0.25) is 0 Å². The van der Waals surface area contributed by atoms with Gasteiger partial charge in [-0.15, -0.1) is 0 Å². The maximum absolute atomic E-state index is 5.39. The molecule has 0 saturated heterocycles. The lowest BCUT2D eigenvalue weighted by Gasteiger charge is -2.07. The van der Waals surface area contributed by atoms with Gasteiger partial charge in [-0.2, -0.15) is 0 Å². The molecular weight excluding hydrogens is 298 g/mol. The van der Waals surface area contributed by atoms with E-state index >= 15 is 0 Å².